The molecule has 0 aliphatic carbocycles. The fraction of sp³-hybridized carbons (Fsp3) is 0.0263. The molecule has 1 heterocycles. The van der Waals surface area contributed by atoms with Crippen molar-refractivity contribution in [2.45, 2.75) is 6.05 Å². The molecule has 6 aromatic rings. The number of rotatable bonds is 5. The summed E-state index contributed by atoms with van der Waals surface area (Å²) >= 11 is 0. The number of benzene rings is 5. The van der Waals surface area contributed by atoms with Gasteiger partial charge in [-0.15, -0.1) is 13.3 Å². The van der Waals surface area contributed by atoms with E-state index < -0.39 is 6.05 Å². The fourth-order valence-corrected chi connectivity index (χ4v) is 4.89. The van der Waals surface area contributed by atoms with Crippen molar-refractivity contribution in [3.63, 3.8) is 0 Å². The van der Waals surface area contributed by atoms with Crippen molar-refractivity contribution in [2.24, 2.45) is 0 Å². The minimum Gasteiger partial charge on any atom is -0.134 e. The van der Waals surface area contributed by atoms with Gasteiger partial charge in [0.1, 0.15) is 0 Å². The Morgan fingerprint density at radius 1 is 0.415 bits per heavy atom. The highest BCUT2D eigenvalue weighted by Crippen LogP contribution is 2.35. The zero-order chi connectivity index (χ0) is 28.1. The van der Waals surface area contributed by atoms with E-state index in [1.165, 1.54) is 12.1 Å². The first-order chi connectivity index (χ1) is 20.1. The molecule has 0 saturated heterocycles. The number of alkyl halides is 2. The van der Waals surface area contributed by atoms with E-state index in [1.807, 2.05) is 133 Å². The summed E-state index contributed by atoms with van der Waals surface area (Å²) in [5.74, 6) is 6.17. The third kappa shape index (κ3) is 5.55. The molecule has 0 radical (unpaired) electrons. The van der Waals surface area contributed by atoms with E-state index in [9.17, 15) is 0 Å². The summed E-state index contributed by atoms with van der Waals surface area (Å²) in [6, 6.07) is 44.8. The smallest absolute Gasteiger partial charge is 0.134 e. The molecular formula is C38H26F2N+. The van der Waals surface area contributed by atoms with Crippen LogP contribution in [0.4, 0.5) is 8.78 Å². The molecule has 0 fully saturated rings. The second kappa shape index (κ2) is 11.4. The summed E-state index contributed by atoms with van der Waals surface area (Å²) in [4.78, 5) is 0. The third-order valence-corrected chi connectivity index (χ3v) is 6.95. The van der Waals surface area contributed by atoms with E-state index in [0.717, 1.165) is 21.3 Å². The predicted octanol–water partition coefficient (Wildman–Crippen LogP) is 8.97. The molecule has 1 aromatic heterocycles. The van der Waals surface area contributed by atoms with Gasteiger partial charge in [-0.1, -0.05) is 96.8 Å². The standard InChI is InChI=1S/C38H26F2N/c39-38(40,35-25-23-30(24-26-35)22-21-29-13-5-1-6-14-29)41-36(32-17-9-3-10-18-32)27-34(31-15-7-2-8-16-31)28-37(41)33-19-11-4-12-20-33/h1-20,23-28H/q+1. The van der Waals surface area contributed by atoms with Crippen LogP contribution in [-0.4, -0.2) is 0 Å². The number of nitrogens with zero attached hydrogens (tertiary/aromatic N) is 1. The first-order valence-corrected chi connectivity index (χ1v) is 13.4. The maximum Gasteiger partial charge on any atom is 0.490 e. The molecule has 0 spiro atoms. The Bertz CT molecular complexity index is 1760. The van der Waals surface area contributed by atoms with Crippen molar-refractivity contribution in [1.82, 2.24) is 0 Å². The average Bonchev–Trinajstić information content (AvgIpc) is 3.05. The number of hydrogen-bond acceptors (Lipinski definition) is 0. The van der Waals surface area contributed by atoms with Gasteiger partial charge in [-0.2, -0.15) is 0 Å². The monoisotopic (exact) mass is 534 g/mol. The van der Waals surface area contributed by atoms with Crippen molar-refractivity contribution < 1.29 is 13.3 Å². The van der Waals surface area contributed by atoms with E-state index in [2.05, 4.69) is 11.8 Å². The number of halogens is 2. The van der Waals surface area contributed by atoms with Crippen LogP contribution < -0.4 is 4.57 Å². The zero-order valence-corrected chi connectivity index (χ0v) is 22.2. The summed E-state index contributed by atoms with van der Waals surface area (Å²) < 4.78 is 34.8. The molecule has 196 valence electrons. The van der Waals surface area contributed by atoms with Crippen LogP contribution in [0.15, 0.2) is 158 Å². The predicted molar refractivity (Wildman–Crippen MR) is 161 cm³/mol. The Labute approximate surface area is 239 Å². The number of aromatic nitrogens is 1. The quantitative estimate of drug-likeness (QED) is 0.154. The van der Waals surface area contributed by atoms with Gasteiger partial charge in [0, 0.05) is 34.4 Å². The lowest BCUT2D eigenvalue weighted by Crippen LogP contribution is -2.54. The topological polar surface area (TPSA) is 3.88 Å². The minimum absolute atomic E-state index is 0.116. The first-order valence-electron chi connectivity index (χ1n) is 13.4. The molecule has 3 heteroatoms. The maximum absolute atomic E-state index is 16.8. The van der Waals surface area contributed by atoms with Crippen LogP contribution >= 0.6 is 0 Å². The molecule has 5 aromatic carbocycles. The number of hydrogen-bond donors (Lipinski definition) is 0. The first kappa shape index (κ1) is 25.9. The van der Waals surface area contributed by atoms with Crippen molar-refractivity contribution in [2.75, 3.05) is 0 Å². The van der Waals surface area contributed by atoms with Crippen LogP contribution in [-0.2, 0) is 6.05 Å². The highest BCUT2D eigenvalue weighted by Gasteiger charge is 2.48. The molecule has 1 nitrogen and oxygen atoms in total. The molecule has 0 unspecified atom stereocenters. The second-order valence-electron chi connectivity index (χ2n) is 9.68. The van der Waals surface area contributed by atoms with Gasteiger partial charge >= 0.3 is 6.05 Å². The van der Waals surface area contributed by atoms with Crippen LogP contribution in [0.5, 0.6) is 0 Å². The van der Waals surface area contributed by atoms with Crippen molar-refractivity contribution in [3.05, 3.63) is 174 Å². The van der Waals surface area contributed by atoms with Gasteiger partial charge in [-0.3, -0.25) is 0 Å². The molecule has 0 bridgehead atoms. The molecule has 0 N–H and O–H groups in total. The van der Waals surface area contributed by atoms with Crippen LogP contribution in [0.25, 0.3) is 33.6 Å². The lowest BCUT2D eigenvalue weighted by Gasteiger charge is -2.19. The third-order valence-electron chi connectivity index (χ3n) is 6.95. The van der Waals surface area contributed by atoms with Crippen LogP contribution in [0, 0.1) is 11.8 Å². The second-order valence-corrected chi connectivity index (χ2v) is 9.68. The summed E-state index contributed by atoms with van der Waals surface area (Å²) in [6.07, 6.45) is 0. The van der Waals surface area contributed by atoms with Gasteiger partial charge in [0.2, 0.25) is 11.4 Å². The summed E-state index contributed by atoms with van der Waals surface area (Å²) in [6.45, 7) is 0. The lowest BCUT2D eigenvalue weighted by molar-refractivity contribution is -0.793. The molecule has 0 atom stereocenters. The van der Waals surface area contributed by atoms with E-state index in [1.54, 1.807) is 12.1 Å². The van der Waals surface area contributed by atoms with Crippen molar-refractivity contribution >= 4 is 0 Å². The Kier molecular flexibility index (Phi) is 7.22. The lowest BCUT2D eigenvalue weighted by atomic mass is 9.98. The van der Waals surface area contributed by atoms with E-state index in [-0.39, 0.29) is 5.56 Å². The SMILES string of the molecule is FC(F)(c1ccc(C#Cc2ccccc2)cc1)[n+]1c(-c2ccccc2)cc(-c2ccccc2)cc1-c1ccccc1. The van der Waals surface area contributed by atoms with Crippen LogP contribution in [0.2, 0.25) is 0 Å². The maximum atomic E-state index is 16.8. The summed E-state index contributed by atoms with van der Waals surface area (Å²) in [7, 11) is 0. The summed E-state index contributed by atoms with van der Waals surface area (Å²) in [5.41, 5.74) is 5.49. The van der Waals surface area contributed by atoms with Crippen molar-refractivity contribution in [1.29, 1.82) is 0 Å². The molecule has 41 heavy (non-hydrogen) atoms. The largest absolute Gasteiger partial charge is 0.490 e. The van der Waals surface area contributed by atoms with Crippen LogP contribution in [0.1, 0.15) is 16.7 Å². The van der Waals surface area contributed by atoms with Gasteiger partial charge in [-0.25, -0.2) is 0 Å². The fourth-order valence-electron chi connectivity index (χ4n) is 4.89. The molecular weight excluding hydrogens is 508 g/mol. The van der Waals surface area contributed by atoms with Gasteiger partial charge in [0.05, 0.1) is 5.56 Å². The Hall–Kier alpha value is -5.33. The average molecular weight is 535 g/mol. The molecule has 0 amide bonds. The van der Waals surface area contributed by atoms with E-state index in [4.69, 9.17) is 0 Å². The molecule has 0 saturated carbocycles. The van der Waals surface area contributed by atoms with Gasteiger partial charge in [0.15, 0.2) is 0 Å². The Morgan fingerprint density at radius 2 is 0.805 bits per heavy atom. The molecule has 0 aliphatic heterocycles. The normalized spacial score (nSPS) is 11.0. The minimum atomic E-state index is -3.36. The van der Waals surface area contributed by atoms with Crippen molar-refractivity contribution in [3.8, 4) is 45.5 Å². The highest BCUT2D eigenvalue weighted by molar-refractivity contribution is 5.73. The highest BCUT2D eigenvalue weighted by atomic mass is 19.3. The van der Waals surface area contributed by atoms with Gasteiger partial charge in [0.25, 0.3) is 0 Å². The Balaban J connectivity index is 1.53. The number of pyridine rings is 1. The summed E-state index contributed by atoms with van der Waals surface area (Å²) in [5, 5.41) is 0. The van der Waals surface area contributed by atoms with E-state index >= 15 is 8.78 Å². The molecule has 0 aliphatic rings. The Morgan fingerprint density at radius 3 is 1.27 bits per heavy atom. The molecule has 6 rings (SSSR count). The van der Waals surface area contributed by atoms with Crippen LogP contribution in [0.3, 0.4) is 0 Å². The van der Waals surface area contributed by atoms with E-state index in [0.29, 0.717) is 28.1 Å². The van der Waals surface area contributed by atoms with Gasteiger partial charge in [-0.05, 0) is 71.8 Å². The van der Waals surface area contributed by atoms with Gasteiger partial charge < -0.3 is 0 Å². The zero-order valence-electron chi connectivity index (χ0n) is 22.2.